The zero-order chi connectivity index (χ0) is 18.3. The first-order chi connectivity index (χ1) is 12.6. The SMILES string of the molecule is C#CCn1nc2n(c1=O)-c1ccc(Cl)nc1C(c1ccccc1Cl)=NC2. The van der Waals surface area contributed by atoms with Crippen molar-refractivity contribution >= 4 is 28.9 Å². The Morgan fingerprint density at radius 1 is 1.19 bits per heavy atom. The average molecular weight is 384 g/mol. The number of pyridine rings is 1. The molecular weight excluding hydrogens is 373 g/mol. The molecule has 0 unspecified atom stereocenters. The van der Waals surface area contributed by atoms with Crippen LogP contribution in [0.4, 0.5) is 0 Å². The van der Waals surface area contributed by atoms with Gasteiger partial charge in [0.15, 0.2) is 5.82 Å². The summed E-state index contributed by atoms with van der Waals surface area (Å²) in [6.45, 7) is 0.262. The number of aromatic nitrogens is 4. The second-order valence-corrected chi connectivity index (χ2v) is 6.34. The molecule has 4 rings (SSSR count). The molecule has 0 spiro atoms. The third-order valence-corrected chi connectivity index (χ3v) is 4.50. The molecule has 0 atom stereocenters. The fraction of sp³-hybridized carbons (Fsp3) is 0.111. The highest BCUT2D eigenvalue weighted by molar-refractivity contribution is 6.35. The number of nitrogens with zero attached hydrogens (tertiary/aromatic N) is 5. The van der Waals surface area contributed by atoms with Crippen molar-refractivity contribution in [1.29, 1.82) is 0 Å². The van der Waals surface area contributed by atoms with Gasteiger partial charge < -0.3 is 0 Å². The Labute approximate surface area is 158 Å². The Morgan fingerprint density at radius 2 is 2.00 bits per heavy atom. The Hall–Kier alpha value is -2.88. The lowest BCUT2D eigenvalue weighted by Gasteiger charge is -2.11. The maximum absolute atomic E-state index is 12.7. The standard InChI is InChI=1S/C18H11Cl2N5O/c1-2-9-24-18(26)25-13-7-8-14(20)22-17(13)16(21-10-15(25)23-24)11-5-3-4-6-12(11)19/h1,3-8H,9-10H2. The molecule has 0 radical (unpaired) electrons. The summed E-state index contributed by atoms with van der Waals surface area (Å²) in [5.74, 6) is 2.89. The highest BCUT2D eigenvalue weighted by Crippen LogP contribution is 2.26. The molecule has 1 aliphatic heterocycles. The molecule has 0 amide bonds. The second-order valence-electron chi connectivity index (χ2n) is 5.54. The molecule has 8 heteroatoms. The quantitative estimate of drug-likeness (QED) is 0.504. The van der Waals surface area contributed by atoms with Gasteiger partial charge in [-0.2, -0.15) is 5.10 Å². The highest BCUT2D eigenvalue weighted by Gasteiger charge is 2.25. The maximum Gasteiger partial charge on any atom is 0.351 e. The molecule has 6 nitrogen and oxygen atoms in total. The smallest absolute Gasteiger partial charge is 0.274 e. The van der Waals surface area contributed by atoms with Crippen molar-refractivity contribution in [2.24, 2.45) is 4.99 Å². The fourth-order valence-electron chi connectivity index (χ4n) is 2.86. The van der Waals surface area contributed by atoms with Crippen LogP contribution in [0.25, 0.3) is 5.69 Å². The van der Waals surface area contributed by atoms with Crippen molar-refractivity contribution in [3.05, 3.63) is 74.1 Å². The first-order valence-corrected chi connectivity index (χ1v) is 8.44. The van der Waals surface area contributed by atoms with Crippen LogP contribution in [0.15, 0.2) is 46.2 Å². The molecule has 2 aromatic heterocycles. The monoisotopic (exact) mass is 383 g/mol. The molecule has 0 N–H and O–H groups in total. The van der Waals surface area contributed by atoms with Crippen molar-refractivity contribution < 1.29 is 0 Å². The van der Waals surface area contributed by atoms with E-state index >= 15 is 0 Å². The molecule has 0 saturated carbocycles. The Kier molecular flexibility index (Phi) is 4.11. The van der Waals surface area contributed by atoms with Gasteiger partial charge in [-0.3, -0.25) is 4.99 Å². The predicted octanol–water partition coefficient (Wildman–Crippen LogP) is 2.72. The molecule has 3 heterocycles. The summed E-state index contributed by atoms with van der Waals surface area (Å²) in [6.07, 6.45) is 5.32. The Balaban J connectivity index is 2.01. The number of hydrogen-bond donors (Lipinski definition) is 0. The van der Waals surface area contributed by atoms with Crippen LogP contribution in [0, 0.1) is 12.3 Å². The van der Waals surface area contributed by atoms with Crippen molar-refractivity contribution in [3.8, 4) is 18.0 Å². The van der Waals surface area contributed by atoms with Crippen LogP contribution < -0.4 is 5.69 Å². The number of rotatable bonds is 2. The molecule has 128 valence electrons. The van der Waals surface area contributed by atoms with E-state index in [1.807, 2.05) is 18.2 Å². The van der Waals surface area contributed by atoms with Crippen LogP contribution >= 0.6 is 23.2 Å². The van der Waals surface area contributed by atoms with Gasteiger partial charge in [0.1, 0.15) is 23.9 Å². The topological polar surface area (TPSA) is 65.1 Å². The minimum Gasteiger partial charge on any atom is -0.274 e. The van der Waals surface area contributed by atoms with E-state index in [9.17, 15) is 4.79 Å². The number of aliphatic imine (C=N–C) groups is 1. The van der Waals surface area contributed by atoms with Gasteiger partial charge in [0.25, 0.3) is 0 Å². The van der Waals surface area contributed by atoms with Crippen LogP contribution in [0.3, 0.4) is 0 Å². The van der Waals surface area contributed by atoms with E-state index in [1.54, 1.807) is 18.2 Å². The molecule has 26 heavy (non-hydrogen) atoms. The molecule has 1 aliphatic rings. The van der Waals surface area contributed by atoms with Gasteiger partial charge in [-0.1, -0.05) is 47.3 Å². The first-order valence-electron chi connectivity index (χ1n) is 7.69. The third-order valence-electron chi connectivity index (χ3n) is 3.96. The Bertz CT molecular complexity index is 1150. The summed E-state index contributed by atoms with van der Waals surface area (Å²) < 4.78 is 2.69. The lowest BCUT2D eigenvalue weighted by Crippen LogP contribution is -2.25. The molecule has 1 aromatic carbocycles. The summed E-state index contributed by atoms with van der Waals surface area (Å²) in [5, 5.41) is 5.11. The van der Waals surface area contributed by atoms with E-state index in [0.29, 0.717) is 33.5 Å². The van der Waals surface area contributed by atoms with Crippen LogP contribution in [0.2, 0.25) is 10.2 Å². The van der Waals surface area contributed by atoms with Gasteiger partial charge in [-0.15, -0.1) is 6.42 Å². The zero-order valence-corrected chi connectivity index (χ0v) is 14.9. The Morgan fingerprint density at radius 3 is 2.77 bits per heavy atom. The van der Waals surface area contributed by atoms with Crippen LogP contribution in [-0.2, 0) is 13.1 Å². The van der Waals surface area contributed by atoms with Crippen LogP contribution in [0.1, 0.15) is 17.1 Å². The maximum atomic E-state index is 12.7. The average Bonchev–Trinajstić information content (AvgIpc) is 2.84. The fourth-order valence-corrected chi connectivity index (χ4v) is 3.23. The zero-order valence-electron chi connectivity index (χ0n) is 13.4. The summed E-state index contributed by atoms with van der Waals surface area (Å²) in [5.41, 5.74) is 1.92. The van der Waals surface area contributed by atoms with Crippen LogP contribution in [0.5, 0.6) is 0 Å². The van der Waals surface area contributed by atoms with Crippen molar-refractivity contribution in [2.45, 2.75) is 13.1 Å². The largest absolute Gasteiger partial charge is 0.351 e. The number of benzene rings is 1. The van der Waals surface area contributed by atoms with E-state index in [-0.39, 0.29) is 23.9 Å². The normalized spacial score (nSPS) is 12.6. The van der Waals surface area contributed by atoms with E-state index < -0.39 is 0 Å². The third kappa shape index (κ3) is 2.62. The molecule has 0 saturated heterocycles. The van der Waals surface area contributed by atoms with E-state index in [1.165, 1.54) is 9.25 Å². The lowest BCUT2D eigenvalue weighted by molar-refractivity contribution is 0.672. The minimum atomic E-state index is -0.348. The molecular formula is C18H11Cl2N5O. The first kappa shape index (κ1) is 16.6. The van der Waals surface area contributed by atoms with Gasteiger partial charge in [0.2, 0.25) is 0 Å². The van der Waals surface area contributed by atoms with Gasteiger partial charge in [0.05, 0.1) is 16.4 Å². The number of terminal acetylenes is 1. The van der Waals surface area contributed by atoms with Crippen molar-refractivity contribution in [1.82, 2.24) is 19.3 Å². The number of hydrogen-bond acceptors (Lipinski definition) is 4. The lowest BCUT2D eigenvalue weighted by atomic mass is 10.1. The number of halogens is 2. The predicted molar refractivity (Wildman–Crippen MR) is 100 cm³/mol. The van der Waals surface area contributed by atoms with E-state index in [4.69, 9.17) is 29.6 Å². The van der Waals surface area contributed by atoms with E-state index in [0.717, 1.165) is 0 Å². The van der Waals surface area contributed by atoms with Gasteiger partial charge in [-0.05, 0) is 18.2 Å². The molecule has 3 aromatic rings. The molecule has 0 fully saturated rings. The second kappa shape index (κ2) is 6.45. The van der Waals surface area contributed by atoms with Gasteiger partial charge in [-0.25, -0.2) is 19.0 Å². The number of fused-ring (bicyclic) bond motifs is 3. The van der Waals surface area contributed by atoms with Gasteiger partial charge in [0, 0.05) is 5.56 Å². The van der Waals surface area contributed by atoms with Crippen LogP contribution in [-0.4, -0.2) is 25.0 Å². The molecule has 0 aliphatic carbocycles. The summed E-state index contributed by atoms with van der Waals surface area (Å²) in [6, 6.07) is 10.6. The van der Waals surface area contributed by atoms with Gasteiger partial charge >= 0.3 is 5.69 Å². The van der Waals surface area contributed by atoms with E-state index in [2.05, 4.69) is 21.0 Å². The summed E-state index contributed by atoms with van der Waals surface area (Å²) >= 11 is 12.5. The minimum absolute atomic E-state index is 0.0796. The summed E-state index contributed by atoms with van der Waals surface area (Å²) in [4.78, 5) is 21.8. The highest BCUT2D eigenvalue weighted by atomic mass is 35.5. The van der Waals surface area contributed by atoms with Crippen molar-refractivity contribution in [2.75, 3.05) is 0 Å². The van der Waals surface area contributed by atoms with Crippen molar-refractivity contribution in [3.63, 3.8) is 0 Å². The summed E-state index contributed by atoms with van der Waals surface area (Å²) in [7, 11) is 0. The molecule has 0 bridgehead atoms.